The maximum atomic E-state index is 12.5. The summed E-state index contributed by atoms with van der Waals surface area (Å²) in [4.78, 5) is 27.2. The summed E-state index contributed by atoms with van der Waals surface area (Å²) in [5.74, 6) is -0.449. The fourth-order valence-electron chi connectivity index (χ4n) is 2.78. The molecule has 2 atom stereocenters. The van der Waals surface area contributed by atoms with Gasteiger partial charge in [0, 0.05) is 20.1 Å². The van der Waals surface area contributed by atoms with Crippen LogP contribution in [0.15, 0.2) is 0 Å². The Morgan fingerprint density at radius 3 is 2.53 bits per heavy atom. The van der Waals surface area contributed by atoms with Gasteiger partial charge in [0.2, 0.25) is 0 Å². The Labute approximate surface area is 115 Å². The molecule has 0 aromatic carbocycles. The molecule has 110 valence electrons. The van der Waals surface area contributed by atoms with E-state index >= 15 is 0 Å². The van der Waals surface area contributed by atoms with E-state index in [-0.39, 0.29) is 6.03 Å². The van der Waals surface area contributed by atoms with Gasteiger partial charge in [-0.1, -0.05) is 27.2 Å². The number of likely N-dealkylation sites (tertiary alicyclic amines) is 1. The molecule has 0 aromatic heterocycles. The molecule has 1 aliphatic heterocycles. The number of hydrogen-bond donors (Lipinski definition) is 1. The van der Waals surface area contributed by atoms with E-state index in [1.165, 1.54) is 0 Å². The minimum Gasteiger partial charge on any atom is -0.479 e. The molecule has 1 fully saturated rings. The van der Waals surface area contributed by atoms with E-state index in [0.29, 0.717) is 31.8 Å². The number of amides is 2. The lowest BCUT2D eigenvalue weighted by molar-refractivity contribution is -0.148. The average Bonchev–Trinajstić information content (AvgIpc) is 2.82. The predicted octanol–water partition coefficient (Wildman–Crippen LogP) is 2.41. The Kier molecular flexibility index (Phi) is 5.20. The van der Waals surface area contributed by atoms with E-state index in [9.17, 15) is 14.7 Å². The molecule has 0 aromatic rings. The molecule has 19 heavy (non-hydrogen) atoms. The third kappa shape index (κ3) is 3.01. The zero-order valence-corrected chi connectivity index (χ0v) is 12.5. The number of carbonyl (C=O) groups is 2. The summed E-state index contributed by atoms with van der Waals surface area (Å²) in [6.45, 7) is 7.24. The zero-order valence-electron chi connectivity index (χ0n) is 12.5. The maximum absolute atomic E-state index is 12.5. The van der Waals surface area contributed by atoms with Crippen LogP contribution in [-0.2, 0) is 4.79 Å². The fourth-order valence-corrected chi connectivity index (χ4v) is 2.78. The molecular weight excluding hydrogens is 244 g/mol. The highest BCUT2D eigenvalue weighted by Gasteiger charge is 2.49. The van der Waals surface area contributed by atoms with E-state index < -0.39 is 11.5 Å². The summed E-state index contributed by atoms with van der Waals surface area (Å²) in [6.07, 6.45) is 2.80. The maximum Gasteiger partial charge on any atom is 0.329 e. The van der Waals surface area contributed by atoms with Gasteiger partial charge in [-0.15, -0.1) is 0 Å². The summed E-state index contributed by atoms with van der Waals surface area (Å²) in [7, 11) is 1.76. The Morgan fingerprint density at radius 2 is 2.05 bits per heavy atom. The van der Waals surface area contributed by atoms with E-state index in [4.69, 9.17) is 0 Å². The molecule has 2 amide bonds. The molecule has 0 saturated carbocycles. The van der Waals surface area contributed by atoms with Gasteiger partial charge in [-0.3, -0.25) is 0 Å². The molecule has 1 aliphatic rings. The van der Waals surface area contributed by atoms with Crippen molar-refractivity contribution in [2.45, 2.75) is 52.0 Å². The van der Waals surface area contributed by atoms with E-state index in [1.54, 1.807) is 16.8 Å². The number of carboxylic acids is 1. The van der Waals surface area contributed by atoms with Crippen LogP contribution >= 0.6 is 0 Å². The molecule has 1 heterocycles. The summed E-state index contributed by atoms with van der Waals surface area (Å²) >= 11 is 0. The first-order chi connectivity index (χ1) is 8.89. The predicted molar refractivity (Wildman–Crippen MR) is 74.1 cm³/mol. The van der Waals surface area contributed by atoms with Gasteiger partial charge in [0.05, 0.1) is 0 Å². The molecule has 0 aliphatic carbocycles. The second-order valence-corrected chi connectivity index (χ2v) is 5.62. The quantitative estimate of drug-likeness (QED) is 0.834. The van der Waals surface area contributed by atoms with Gasteiger partial charge >= 0.3 is 12.0 Å². The van der Waals surface area contributed by atoms with Crippen LogP contribution in [0, 0.1) is 5.92 Å². The van der Waals surface area contributed by atoms with Crippen molar-refractivity contribution in [1.29, 1.82) is 0 Å². The SMILES string of the molecule is CCC(C)CN(C)C(=O)N1CCCC1(CC)C(=O)O. The lowest BCUT2D eigenvalue weighted by Crippen LogP contribution is -2.56. The Morgan fingerprint density at radius 1 is 1.42 bits per heavy atom. The van der Waals surface area contributed by atoms with Gasteiger partial charge in [0.25, 0.3) is 0 Å². The minimum atomic E-state index is -0.999. The zero-order chi connectivity index (χ0) is 14.6. The Hall–Kier alpha value is -1.26. The molecule has 0 radical (unpaired) electrons. The van der Waals surface area contributed by atoms with E-state index in [1.807, 2.05) is 6.92 Å². The third-order valence-electron chi connectivity index (χ3n) is 4.31. The van der Waals surface area contributed by atoms with Crippen LogP contribution in [0.3, 0.4) is 0 Å². The monoisotopic (exact) mass is 270 g/mol. The van der Waals surface area contributed by atoms with Gasteiger partial charge < -0.3 is 14.9 Å². The van der Waals surface area contributed by atoms with Crippen LogP contribution in [0.2, 0.25) is 0 Å². The summed E-state index contributed by atoms with van der Waals surface area (Å²) < 4.78 is 0. The largest absolute Gasteiger partial charge is 0.479 e. The Bertz CT molecular complexity index is 346. The van der Waals surface area contributed by atoms with Gasteiger partial charge in [0.15, 0.2) is 0 Å². The van der Waals surface area contributed by atoms with Crippen molar-refractivity contribution < 1.29 is 14.7 Å². The first-order valence-electron chi connectivity index (χ1n) is 7.15. The minimum absolute atomic E-state index is 0.151. The highest BCUT2D eigenvalue weighted by molar-refractivity contribution is 5.87. The van der Waals surface area contributed by atoms with Crippen molar-refractivity contribution in [3.05, 3.63) is 0 Å². The van der Waals surface area contributed by atoms with Crippen molar-refractivity contribution in [3.63, 3.8) is 0 Å². The number of urea groups is 1. The van der Waals surface area contributed by atoms with Crippen molar-refractivity contribution in [1.82, 2.24) is 9.80 Å². The molecule has 1 rings (SSSR count). The van der Waals surface area contributed by atoms with Crippen LogP contribution in [0.5, 0.6) is 0 Å². The van der Waals surface area contributed by atoms with Gasteiger partial charge in [-0.25, -0.2) is 9.59 Å². The number of aliphatic carboxylic acids is 1. The molecule has 1 N–H and O–H groups in total. The number of hydrogen-bond acceptors (Lipinski definition) is 2. The van der Waals surface area contributed by atoms with Crippen LogP contribution in [0.1, 0.15) is 46.5 Å². The fraction of sp³-hybridized carbons (Fsp3) is 0.857. The van der Waals surface area contributed by atoms with E-state index in [2.05, 4.69) is 13.8 Å². The molecule has 2 unspecified atom stereocenters. The van der Waals surface area contributed by atoms with Crippen molar-refractivity contribution >= 4 is 12.0 Å². The van der Waals surface area contributed by atoms with Crippen molar-refractivity contribution in [2.75, 3.05) is 20.1 Å². The summed E-state index contributed by atoms with van der Waals surface area (Å²) in [5.41, 5.74) is -0.999. The molecule has 5 heteroatoms. The second kappa shape index (κ2) is 6.26. The lowest BCUT2D eigenvalue weighted by atomic mass is 9.93. The topological polar surface area (TPSA) is 60.9 Å². The van der Waals surface area contributed by atoms with E-state index in [0.717, 1.165) is 12.8 Å². The molecule has 5 nitrogen and oxygen atoms in total. The van der Waals surface area contributed by atoms with Crippen LogP contribution in [0.25, 0.3) is 0 Å². The highest BCUT2D eigenvalue weighted by atomic mass is 16.4. The number of rotatable bonds is 5. The summed E-state index contributed by atoms with van der Waals surface area (Å²) in [6, 6.07) is -0.151. The van der Waals surface area contributed by atoms with Gasteiger partial charge in [-0.2, -0.15) is 0 Å². The van der Waals surface area contributed by atoms with Crippen LogP contribution in [0.4, 0.5) is 4.79 Å². The third-order valence-corrected chi connectivity index (χ3v) is 4.31. The van der Waals surface area contributed by atoms with Crippen LogP contribution in [-0.4, -0.2) is 52.6 Å². The van der Waals surface area contributed by atoms with Gasteiger partial charge in [0.1, 0.15) is 5.54 Å². The first kappa shape index (κ1) is 15.8. The summed E-state index contributed by atoms with van der Waals surface area (Å²) in [5, 5.41) is 9.48. The molecular formula is C14H26N2O3. The molecule has 1 saturated heterocycles. The normalized spacial score (nSPS) is 24.3. The average molecular weight is 270 g/mol. The smallest absolute Gasteiger partial charge is 0.329 e. The first-order valence-corrected chi connectivity index (χ1v) is 7.15. The molecule has 0 spiro atoms. The van der Waals surface area contributed by atoms with Crippen molar-refractivity contribution in [2.24, 2.45) is 5.92 Å². The lowest BCUT2D eigenvalue weighted by Gasteiger charge is -2.37. The number of carbonyl (C=O) groups excluding carboxylic acids is 1. The highest BCUT2D eigenvalue weighted by Crippen LogP contribution is 2.33. The van der Waals surface area contributed by atoms with Gasteiger partial charge in [-0.05, 0) is 25.2 Å². The van der Waals surface area contributed by atoms with Crippen molar-refractivity contribution in [3.8, 4) is 0 Å². The number of nitrogens with zero attached hydrogens (tertiary/aromatic N) is 2. The standard InChI is InChI=1S/C14H26N2O3/c1-5-11(3)10-15(4)13(19)16-9-7-8-14(16,6-2)12(17)18/h11H,5-10H2,1-4H3,(H,17,18). The molecule has 0 bridgehead atoms. The Balaban J connectivity index is 2.83. The number of carboxylic acid groups (broad SMARTS) is 1. The van der Waals surface area contributed by atoms with Crippen LogP contribution < -0.4 is 0 Å². The second-order valence-electron chi connectivity index (χ2n) is 5.62.